The number of rotatable bonds is 3. The van der Waals surface area contributed by atoms with Gasteiger partial charge in [-0.15, -0.1) is 12.4 Å². The number of piperidine rings is 1. The molecule has 0 aliphatic carbocycles. The van der Waals surface area contributed by atoms with Crippen molar-refractivity contribution in [2.24, 2.45) is 5.92 Å². The van der Waals surface area contributed by atoms with E-state index in [0.717, 1.165) is 18.4 Å². The van der Waals surface area contributed by atoms with Gasteiger partial charge in [-0.1, -0.05) is 29.8 Å². The number of carbonyl (C=O) groups is 1. The molecule has 3 atom stereocenters. The molecule has 2 bridgehead atoms. The molecule has 0 saturated carbocycles. The lowest BCUT2D eigenvalue weighted by Crippen LogP contribution is -2.44. The minimum atomic E-state index is -0.111. The van der Waals surface area contributed by atoms with Gasteiger partial charge in [0.15, 0.2) is 0 Å². The number of benzene rings is 1. The van der Waals surface area contributed by atoms with E-state index >= 15 is 0 Å². The van der Waals surface area contributed by atoms with Gasteiger partial charge >= 0.3 is 0 Å². The van der Waals surface area contributed by atoms with Crippen molar-refractivity contribution >= 4 is 29.9 Å². The highest BCUT2D eigenvalue weighted by Gasteiger charge is 2.35. The summed E-state index contributed by atoms with van der Waals surface area (Å²) in [5.74, 6) is 0.819. The van der Waals surface area contributed by atoms with E-state index in [1.54, 1.807) is 0 Å². The van der Waals surface area contributed by atoms with Gasteiger partial charge in [0.2, 0.25) is 5.91 Å². The molecule has 3 fully saturated rings. The fourth-order valence-electron chi connectivity index (χ4n) is 4.52. The van der Waals surface area contributed by atoms with Crippen molar-refractivity contribution in [1.29, 1.82) is 0 Å². The molecule has 4 nitrogen and oxygen atoms in total. The van der Waals surface area contributed by atoms with Crippen molar-refractivity contribution in [2.75, 3.05) is 19.7 Å². The molecule has 3 unspecified atom stereocenters. The summed E-state index contributed by atoms with van der Waals surface area (Å²) in [5.41, 5.74) is 0.983. The zero-order chi connectivity index (χ0) is 16.5. The normalized spacial score (nSPS) is 31.5. The minimum Gasteiger partial charge on any atom is -0.370 e. The Morgan fingerprint density at radius 3 is 2.68 bits per heavy atom. The van der Waals surface area contributed by atoms with E-state index in [9.17, 15) is 4.79 Å². The van der Waals surface area contributed by atoms with Crippen LogP contribution in [0.4, 0.5) is 0 Å². The molecule has 0 aromatic heterocycles. The Balaban J connectivity index is 0.00000182. The van der Waals surface area contributed by atoms with Gasteiger partial charge < -0.3 is 15.0 Å². The summed E-state index contributed by atoms with van der Waals surface area (Å²) in [7, 11) is 0. The molecule has 3 saturated heterocycles. The number of hydrogen-bond acceptors (Lipinski definition) is 3. The van der Waals surface area contributed by atoms with Crippen LogP contribution in [0.25, 0.3) is 0 Å². The number of fused-ring (bicyclic) bond motifs is 2. The summed E-state index contributed by atoms with van der Waals surface area (Å²) in [5, 5.41) is 4.36. The highest BCUT2D eigenvalue weighted by Crippen LogP contribution is 2.34. The number of amides is 1. The third-order valence-corrected chi connectivity index (χ3v) is 6.05. The Morgan fingerprint density at radius 2 is 1.96 bits per heavy atom. The monoisotopic (exact) mass is 384 g/mol. The van der Waals surface area contributed by atoms with Crippen LogP contribution in [0.1, 0.15) is 43.8 Å². The fourth-order valence-corrected chi connectivity index (χ4v) is 4.78. The SMILES string of the molecule is Cl.O=C(CC1CC2CCC(C1)N2)N1CCOC(c2ccccc2Cl)C1. The average Bonchev–Trinajstić information content (AvgIpc) is 2.94. The first kappa shape index (κ1) is 19.0. The van der Waals surface area contributed by atoms with Gasteiger partial charge in [-0.2, -0.15) is 0 Å². The van der Waals surface area contributed by atoms with Crippen molar-refractivity contribution in [2.45, 2.75) is 50.3 Å². The van der Waals surface area contributed by atoms with Crippen LogP contribution in [0, 0.1) is 5.92 Å². The molecule has 1 amide bonds. The van der Waals surface area contributed by atoms with Crippen LogP contribution in [-0.4, -0.2) is 42.6 Å². The lowest BCUT2D eigenvalue weighted by atomic mass is 9.89. The molecule has 1 aromatic rings. The quantitative estimate of drug-likeness (QED) is 0.865. The number of nitrogens with one attached hydrogen (secondary N) is 1. The molecule has 0 radical (unpaired) electrons. The number of nitrogens with zero attached hydrogens (tertiary/aromatic N) is 1. The number of ether oxygens (including phenoxy) is 1. The molecule has 1 aromatic carbocycles. The second kappa shape index (κ2) is 8.26. The first-order valence-corrected chi connectivity index (χ1v) is 9.46. The molecular formula is C19H26Cl2N2O2. The molecule has 138 valence electrons. The lowest BCUT2D eigenvalue weighted by molar-refractivity contribution is -0.140. The molecule has 0 spiro atoms. The van der Waals surface area contributed by atoms with Gasteiger partial charge in [0, 0.05) is 35.6 Å². The van der Waals surface area contributed by atoms with Crippen molar-refractivity contribution in [3.63, 3.8) is 0 Å². The molecule has 3 heterocycles. The zero-order valence-electron chi connectivity index (χ0n) is 14.3. The Hall–Kier alpha value is -0.810. The van der Waals surface area contributed by atoms with Crippen LogP contribution >= 0.6 is 24.0 Å². The summed E-state index contributed by atoms with van der Waals surface area (Å²) in [6.45, 7) is 1.89. The summed E-state index contributed by atoms with van der Waals surface area (Å²) in [6.07, 6.45) is 5.44. The van der Waals surface area contributed by atoms with E-state index in [-0.39, 0.29) is 24.4 Å². The third kappa shape index (κ3) is 4.30. The summed E-state index contributed by atoms with van der Waals surface area (Å²) >= 11 is 6.29. The fraction of sp³-hybridized carbons (Fsp3) is 0.632. The van der Waals surface area contributed by atoms with Crippen LogP contribution < -0.4 is 5.32 Å². The smallest absolute Gasteiger partial charge is 0.223 e. The number of hydrogen-bond donors (Lipinski definition) is 1. The summed E-state index contributed by atoms with van der Waals surface area (Å²) in [6, 6.07) is 9.04. The third-order valence-electron chi connectivity index (χ3n) is 5.71. The molecule has 1 N–H and O–H groups in total. The minimum absolute atomic E-state index is 0. The van der Waals surface area contributed by atoms with Crippen LogP contribution in [0.5, 0.6) is 0 Å². The maximum Gasteiger partial charge on any atom is 0.223 e. The molecule has 3 aliphatic rings. The number of halogens is 2. The van der Waals surface area contributed by atoms with Crippen molar-refractivity contribution in [1.82, 2.24) is 10.2 Å². The van der Waals surface area contributed by atoms with Gasteiger partial charge in [-0.3, -0.25) is 4.79 Å². The van der Waals surface area contributed by atoms with Gasteiger partial charge in [-0.25, -0.2) is 0 Å². The highest BCUT2D eigenvalue weighted by molar-refractivity contribution is 6.31. The van der Waals surface area contributed by atoms with Crippen molar-refractivity contribution < 1.29 is 9.53 Å². The van der Waals surface area contributed by atoms with E-state index < -0.39 is 0 Å². The standard InChI is InChI=1S/C19H25ClN2O2.ClH/c20-17-4-2-1-3-16(17)18-12-22(7-8-24-18)19(23)11-13-9-14-5-6-15(10-13)21-14;/h1-4,13-15,18,21H,5-12H2;1H. The first-order valence-electron chi connectivity index (χ1n) is 9.09. The molecule has 25 heavy (non-hydrogen) atoms. The Morgan fingerprint density at radius 1 is 1.24 bits per heavy atom. The van der Waals surface area contributed by atoms with E-state index in [2.05, 4.69) is 5.32 Å². The van der Waals surface area contributed by atoms with E-state index in [1.807, 2.05) is 29.2 Å². The van der Waals surface area contributed by atoms with Gasteiger partial charge in [-0.05, 0) is 37.7 Å². The van der Waals surface area contributed by atoms with Crippen LogP contribution in [-0.2, 0) is 9.53 Å². The molecular weight excluding hydrogens is 359 g/mol. The molecule has 4 rings (SSSR count). The van der Waals surface area contributed by atoms with Gasteiger partial charge in [0.05, 0.1) is 13.2 Å². The molecule has 3 aliphatic heterocycles. The Kier molecular flexibility index (Phi) is 6.26. The topological polar surface area (TPSA) is 41.6 Å². The second-order valence-electron chi connectivity index (χ2n) is 7.40. The summed E-state index contributed by atoms with van der Waals surface area (Å²) in [4.78, 5) is 14.8. The number of morpholine rings is 1. The predicted molar refractivity (Wildman–Crippen MR) is 101 cm³/mol. The Bertz CT molecular complexity index is 601. The van der Waals surface area contributed by atoms with E-state index in [4.69, 9.17) is 16.3 Å². The van der Waals surface area contributed by atoms with Crippen molar-refractivity contribution in [3.05, 3.63) is 34.9 Å². The average molecular weight is 385 g/mol. The van der Waals surface area contributed by atoms with E-state index in [0.29, 0.717) is 49.1 Å². The maximum atomic E-state index is 12.8. The highest BCUT2D eigenvalue weighted by atomic mass is 35.5. The molecule has 6 heteroatoms. The second-order valence-corrected chi connectivity index (χ2v) is 7.81. The van der Waals surface area contributed by atoms with Crippen molar-refractivity contribution in [3.8, 4) is 0 Å². The zero-order valence-corrected chi connectivity index (χ0v) is 15.9. The van der Waals surface area contributed by atoms with Gasteiger partial charge in [0.25, 0.3) is 0 Å². The van der Waals surface area contributed by atoms with Crippen LogP contribution in [0.15, 0.2) is 24.3 Å². The van der Waals surface area contributed by atoms with Crippen LogP contribution in [0.2, 0.25) is 5.02 Å². The first-order chi connectivity index (χ1) is 11.7. The van der Waals surface area contributed by atoms with E-state index in [1.165, 1.54) is 12.8 Å². The lowest BCUT2D eigenvalue weighted by Gasteiger charge is -2.35. The van der Waals surface area contributed by atoms with Crippen LogP contribution in [0.3, 0.4) is 0 Å². The largest absolute Gasteiger partial charge is 0.370 e. The number of carbonyl (C=O) groups excluding carboxylic acids is 1. The predicted octanol–water partition coefficient (Wildman–Crippen LogP) is 3.58. The summed E-state index contributed by atoms with van der Waals surface area (Å²) < 4.78 is 5.87. The Labute approximate surface area is 160 Å². The maximum absolute atomic E-state index is 12.8. The van der Waals surface area contributed by atoms with Gasteiger partial charge in [0.1, 0.15) is 6.10 Å².